The van der Waals surface area contributed by atoms with Crippen molar-refractivity contribution in [3.05, 3.63) is 63.9 Å². The third kappa shape index (κ3) is 3.60. The second-order valence-electron chi connectivity index (χ2n) is 7.25. The van der Waals surface area contributed by atoms with E-state index in [1.807, 2.05) is 25.4 Å². The normalized spacial score (nSPS) is 14.7. The fraction of sp³-hybridized carbons (Fsp3) is 0.450. The minimum Gasteiger partial charge on any atom is -0.496 e. The molecule has 0 aliphatic carbocycles. The lowest BCUT2D eigenvalue weighted by Gasteiger charge is -2.20. The minimum atomic E-state index is -0.0284. The van der Waals surface area contributed by atoms with Crippen molar-refractivity contribution in [3.8, 4) is 5.75 Å². The van der Waals surface area contributed by atoms with Crippen LogP contribution in [0.2, 0.25) is 0 Å². The van der Waals surface area contributed by atoms with Crippen LogP contribution in [-0.4, -0.2) is 49.0 Å². The fourth-order valence-corrected chi connectivity index (χ4v) is 3.80. The summed E-state index contributed by atoms with van der Waals surface area (Å²) in [5, 5.41) is 4.35. The second-order valence-corrected chi connectivity index (χ2v) is 7.25. The second kappa shape index (κ2) is 7.63. The van der Waals surface area contributed by atoms with Crippen molar-refractivity contribution >= 4 is 0 Å². The Morgan fingerprint density at radius 2 is 2.04 bits per heavy atom. The first-order valence-electron chi connectivity index (χ1n) is 9.53. The van der Waals surface area contributed by atoms with Crippen molar-refractivity contribution < 1.29 is 4.74 Å². The highest BCUT2D eigenvalue weighted by Crippen LogP contribution is 2.22. The highest BCUT2D eigenvalue weighted by atomic mass is 16.5. The van der Waals surface area contributed by atoms with Gasteiger partial charge in [0.2, 0.25) is 0 Å². The maximum Gasteiger partial charge on any atom is 0.345 e. The van der Waals surface area contributed by atoms with Crippen molar-refractivity contribution in [2.45, 2.75) is 33.0 Å². The Bertz CT molecular complexity index is 1030. The quantitative estimate of drug-likeness (QED) is 0.663. The van der Waals surface area contributed by atoms with Crippen LogP contribution in [0.3, 0.4) is 0 Å². The molecule has 0 radical (unpaired) electrons. The van der Waals surface area contributed by atoms with Gasteiger partial charge in [0.15, 0.2) is 0 Å². The van der Waals surface area contributed by atoms with E-state index in [2.05, 4.69) is 31.7 Å². The third-order valence-corrected chi connectivity index (χ3v) is 5.39. The summed E-state index contributed by atoms with van der Waals surface area (Å²) in [5.41, 5.74) is 2.35. The number of imidazole rings is 1. The van der Waals surface area contributed by atoms with Gasteiger partial charge in [-0.05, 0) is 24.6 Å². The summed E-state index contributed by atoms with van der Waals surface area (Å²) in [5.74, 6) is 2.74. The molecule has 0 amide bonds. The minimum absolute atomic E-state index is 0.0284. The highest BCUT2D eigenvalue weighted by Gasteiger charge is 2.18. The summed E-state index contributed by atoms with van der Waals surface area (Å²) in [6.45, 7) is 5.97. The van der Waals surface area contributed by atoms with Gasteiger partial charge in [-0.15, -0.1) is 0 Å². The molecule has 0 saturated heterocycles. The molecule has 8 nitrogen and oxygen atoms in total. The van der Waals surface area contributed by atoms with Crippen molar-refractivity contribution in [3.63, 3.8) is 0 Å². The van der Waals surface area contributed by atoms with Gasteiger partial charge in [0, 0.05) is 57.6 Å². The number of ether oxygens (including phenoxy) is 1. The first kappa shape index (κ1) is 18.5. The number of aryl methyl sites for hydroxylation is 2. The molecule has 3 aromatic rings. The summed E-state index contributed by atoms with van der Waals surface area (Å²) >= 11 is 0. The monoisotopic (exact) mass is 382 g/mol. The average molecular weight is 382 g/mol. The average Bonchev–Trinajstić information content (AvgIpc) is 3.13. The van der Waals surface area contributed by atoms with Crippen LogP contribution in [0.25, 0.3) is 0 Å². The Hall–Kier alpha value is -2.87. The molecule has 0 fully saturated rings. The molecule has 3 heterocycles. The maximum absolute atomic E-state index is 12.1. The molecule has 4 rings (SSSR count). The van der Waals surface area contributed by atoms with Crippen molar-refractivity contribution in [2.75, 3.05) is 20.2 Å². The molecule has 0 N–H and O–H groups in total. The van der Waals surface area contributed by atoms with Gasteiger partial charge in [0.1, 0.15) is 17.4 Å². The van der Waals surface area contributed by atoms with Crippen LogP contribution in [0.5, 0.6) is 5.75 Å². The number of aromatic nitrogens is 5. The molecule has 0 atom stereocenters. The predicted octanol–water partition coefficient (Wildman–Crippen LogP) is 1.20. The molecule has 1 aromatic carbocycles. The van der Waals surface area contributed by atoms with E-state index < -0.39 is 0 Å². The molecule has 0 bridgehead atoms. The van der Waals surface area contributed by atoms with E-state index in [1.54, 1.807) is 18.7 Å². The molecule has 0 spiro atoms. The molecule has 0 saturated carbocycles. The number of hydrogen-bond donors (Lipinski definition) is 0. The molecule has 28 heavy (non-hydrogen) atoms. The van der Waals surface area contributed by atoms with Crippen LogP contribution in [0.4, 0.5) is 0 Å². The van der Waals surface area contributed by atoms with Gasteiger partial charge in [0.05, 0.1) is 13.7 Å². The molecule has 148 valence electrons. The number of fused-ring (bicyclic) bond motifs is 1. The Morgan fingerprint density at radius 1 is 1.18 bits per heavy atom. The molecular weight excluding hydrogens is 356 g/mol. The number of hydrogen-bond acceptors (Lipinski definition) is 5. The number of benzene rings is 1. The lowest BCUT2D eigenvalue weighted by Crippen LogP contribution is -2.29. The van der Waals surface area contributed by atoms with Crippen LogP contribution in [0.15, 0.2) is 35.4 Å². The van der Waals surface area contributed by atoms with Crippen LogP contribution < -0.4 is 10.4 Å². The zero-order valence-corrected chi connectivity index (χ0v) is 16.6. The van der Waals surface area contributed by atoms with Crippen LogP contribution in [-0.2, 0) is 33.1 Å². The summed E-state index contributed by atoms with van der Waals surface area (Å²) in [4.78, 5) is 18.8. The maximum atomic E-state index is 12.1. The molecule has 1 aliphatic heterocycles. The van der Waals surface area contributed by atoms with E-state index in [4.69, 9.17) is 4.74 Å². The largest absolute Gasteiger partial charge is 0.496 e. The fourth-order valence-electron chi connectivity index (χ4n) is 3.80. The van der Waals surface area contributed by atoms with E-state index in [0.29, 0.717) is 6.54 Å². The predicted molar refractivity (Wildman–Crippen MR) is 106 cm³/mol. The smallest absolute Gasteiger partial charge is 0.345 e. The van der Waals surface area contributed by atoms with Crippen LogP contribution >= 0.6 is 0 Å². The Balaban J connectivity index is 1.50. The van der Waals surface area contributed by atoms with Gasteiger partial charge in [0.25, 0.3) is 0 Å². The summed E-state index contributed by atoms with van der Waals surface area (Å²) < 4.78 is 10.9. The Labute approximate surface area is 164 Å². The number of nitrogens with zero attached hydrogens (tertiary/aromatic N) is 6. The van der Waals surface area contributed by atoms with Gasteiger partial charge in [-0.3, -0.25) is 9.47 Å². The van der Waals surface area contributed by atoms with E-state index >= 15 is 0 Å². The van der Waals surface area contributed by atoms with E-state index in [1.165, 1.54) is 10.2 Å². The van der Waals surface area contributed by atoms with Crippen molar-refractivity contribution in [1.29, 1.82) is 0 Å². The Morgan fingerprint density at radius 3 is 2.79 bits per heavy atom. The van der Waals surface area contributed by atoms with Gasteiger partial charge < -0.3 is 9.30 Å². The first-order valence-corrected chi connectivity index (χ1v) is 9.53. The van der Waals surface area contributed by atoms with E-state index in [9.17, 15) is 4.79 Å². The van der Waals surface area contributed by atoms with Crippen molar-refractivity contribution in [1.82, 2.24) is 28.8 Å². The molecule has 0 unspecified atom stereocenters. The zero-order chi connectivity index (χ0) is 19.7. The zero-order valence-electron chi connectivity index (χ0n) is 16.6. The van der Waals surface area contributed by atoms with Gasteiger partial charge >= 0.3 is 5.69 Å². The highest BCUT2D eigenvalue weighted by molar-refractivity contribution is 5.37. The lowest BCUT2D eigenvalue weighted by molar-refractivity contribution is 0.269. The van der Waals surface area contributed by atoms with E-state index in [0.717, 1.165) is 55.6 Å². The summed E-state index contributed by atoms with van der Waals surface area (Å²) in [7, 11) is 3.42. The standard InChI is InChI=1S/C20H26N6O2/c1-15-21-7-9-25(15)14-17-12-16(4-5-18(17)28-3)13-24-8-6-19-22-23(2)20(27)26(19)11-10-24/h4-5,7,9,12H,6,8,10-11,13-14H2,1-3H3. The van der Waals surface area contributed by atoms with E-state index in [-0.39, 0.29) is 5.69 Å². The summed E-state index contributed by atoms with van der Waals surface area (Å²) in [6, 6.07) is 6.36. The summed E-state index contributed by atoms with van der Waals surface area (Å²) in [6.07, 6.45) is 4.59. The van der Waals surface area contributed by atoms with Crippen molar-refractivity contribution in [2.24, 2.45) is 7.05 Å². The van der Waals surface area contributed by atoms with Gasteiger partial charge in [-0.2, -0.15) is 5.10 Å². The van der Waals surface area contributed by atoms with Crippen LogP contribution in [0.1, 0.15) is 22.8 Å². The number of methoxy groups -OCH3 is 1. The SMILES string of the molecule is COc1ccc(CN2CCc3nn(C)c(=O)n3CC2)cc1Cn1ccnc1C. The molecular formula is C20H26N6O2. The Kier molecular flexibility index (Phi) is 5.04. The molecule has 8 heteroatoms. The molecule has 2 aromatic heterocycles. The van der Waals surface area contributed by atoms with Gasteiger partial charge in [-0.25, -0.2) is 14.5 Å². The van der Waals surface area contributed by atoms with Gasteiger partial charge in [-0.1, -0.05) is 6.07 Å². The lowest BCUT2D eigenvalue weighted by atomic mass is 10.1. The number of rotatable bonds is 5. The van der Waals surface area contributed by atoms with Crippen LogP contribution in [0, 0.1) is 6.92 Å². The third-order valence-electron chi connectivity index (χ3n) is 5.39. The first-order chi connectivity index (χ1) is 13.5. The molecule has 1 aliphatic rings. The topological polar surface area (TPSA) is 70.1 Å².